The van der Waals surface area contributed by atoms with Crippen LogP contribution in [0.1, 0.15) is 32.1 Å². The molecule has 0 aliphatic heterocycles. The molecule has 0 aromatic rings. The molecule has 1 aliphatic carbocycles. The van der Waals surface area contributed by atoms with Gasteiger partial charge in [0, 0.05) is 29.6 Å². The molecule has 0 heterocycles. The van der Waals surface area contributed by atoms with Gasteiger partial charge in [-0.15, -0.1) is 0 Å². The number of ether oxygens (including phenoxy) is 1. The molecule has 1 N–H and O–H groups in total. The molecule has 1 fully saturated rings. The number of hydrogen-bond donors (Lipinski definition) is 1. The van der Waals surface area contributed by atoms with Crippen LogP contribution in [0.2, 0.25) is 0 Å². The summed E-state index contributed by atoms with van der Waals surface area (Å²) >= 11 is 0. The first-order valence-electron chi connectivity index (χ1n) is 5.25. The van der Waals surface area contributed by atoms with Crippen molar-refractivity contribution in [3.63, 3.8) is 0 Å². The van der Waals surface area contributed by atoms with E-state index in [4.69, 9.17) is 4.55 Å². The van der Waals surface area contributed by atoms with Crippen molar-refractivity contribution in [1.82, 2.24) is 0 Å². The third-order valence-corrected chi connectivity index (χ3v) is 3.57. The van der Waals surface area contributed by atoms with E-state index in [1.807, 2.05) is 0 Å². The number of alkyl halides is 2. The Morgan fingerprint density at radius 1 is 1.28 bits per heavy atom. The smallest absolute Gasteiger partial charge is 0.402 e. The molecule has 1 saturated carbocycles. The van der Waals surface area contributed by atoms with Crippen LogP contribution in [0.3, 0.4) is 0 Å². The molecule has 0 bridgehead atoms. The minimum Gasteiger partial charge on any atom is -0.458 e. The van der Waals surface area contributed by atoms with E-state index in [2.05, 4.69) is 4.74 Å². The van der Waals surface area contributed by atoms with Gasteiger partial charge in [-0.05, 0) is 12.8 Å². The van der Waals surface area contributed by atoms with Crippen LogP contribution in [-0.2, 0) is 19.6 Å². The van der Waals surface area contributed by atoms with Gasteiger partial charge in [0.1, 0.15) is 0 Å². The molecule has 0 aromatic heterocycles. The van der Waals surface area contributed by atoms with Crippen LogP contribution >= 0.6 is 0 Å². The third kappa shape index (κ3) is 5.08. The molecule has 9 heteroatoms. The van der Waals surface area contributed by atoms with Gasteiger partial charge in [-0.1, -0.05) is 19.3 Å². The maximum absolute atomic E-state index is 12.7. The standard InChI is InChI=1S/C9H14F2O5S.Na/c10-9(11,17(13,14)15)6-16-8(12)7-4-2-1-3-5-7;/h7H,1-6H2,(H,13,14,15);. The molecule has 0 aromatic carbocycles. The molecular formula is C9H14F2NaO5S. The first-order chi connectivity index (χ1) is 7.74. The number of halogens is 2. The van der Waals surface area contributed by atoms with Crippen LogP contribution in [0.15, 0.2) is 0 Å². The molecule has 0 unspecified atom stereocenters. The van der Waals surface area contributed by atoms with Crippen LogP contribution in [-0.4, -0.2) is 60.4 Å². The second-order valence-corrected chi connectivity index (χ2v) is 5.60. The molecule has 18 heavy (non-hydrogen) atoms. The van der Waals surface area contributed by atoms with E-state index >= 15 is 0 Å². The zero-order valence-electron chi connectivity index (χ0n) is 10.1. The van der Waals surface area contributed by atoms with Gasteiger partial charge < -0.3 is 4.74 Å². The van der Waals surface area contributed by atoms with Gasteiger partial charge in [0.15, 0.2) is 6.61 Å². The van der Waals surface area contributed by atoms with Crippen molar-refractivity contribution in [2.75, 3.05) is 6.61 Å². The molecule has 1 radical (unpaired) electrons. The quantitative estimate of drug-likeness (QED) is 0.479. The fourth-order valence-electron chi connectivity index (χ4n) is 1.69. The summed E-state index contributed by atoms with van der Waals surface area (Å²) in [5.41, 5.74) is 0. The van der Waals surface area contributed by atoms with Crippen LogP contribution < -0.4 is 0 Å². The summed E-state index contributed by atoms with van der Waals surface area (Å²) in [4.78, 5) is 11.3. The average Bonchev–Trinajstić information content (AvgIpc) is 2.25. The van der Waals surface area contributed by atoms with Crippen molar-refractivity contribution in [3.05, 3.63) is 0 Å². The maximum Gasteiger partial charge on any atom is 0.402 e. The Bertz CT molecular complexity index is 378. The van der Waals surface area contributed by atoms with Gasteiger partial charge in [0.05, 0.1) is 5.92 Å². The molecular weight excluding hydrogens is 281 g/mol. The predicted molar refractivity (Wildman–Crippen MR) is 59.8 cm³/mol. The summed E-state index contributed by atoms with van der Waals surface area (Å²) in [5, 5.41) is -4.45. The zero-order chi connectivity index (χ0) is 13.1. The zero-order valence-corrected chi connectivity index (χ0v) is 12.9. The van der Waals surface area contributed by atoms with Gasteiger partial charge in [0.25, 0.3) is 0 Å². The number of carbonyl (C=O) groups excluding carboxylic acids is 1. The van der Waals surface area contributed by atoms with Crippen molar-refractivity contribution in [1.29, 1.82) is 0 Å². The third-order valence-electron chi connectivity index (χ3n) is 2.70. The summed E-state index contributed by atoms with van der Waals surface area (Å²) < 4.78 is 58.4. The van der Waals surface area contributed by atoms with Crippen LogP contribution in [0.5, 0.6) is 0 Å². The predicted octanol–water partition coefficient (Wildman–Crippen LogP) is 1.21. The van der Waals surface area contributed by atoms with Crippen LogP contribution in [0.4, 0.5) is 8.78 Å². The molecule has 1 aliphatic rings. The first kappa shape index (κ1) is 18.2. The van der Waals surface area contributed by atoms with Crippen LogP contribution in [0.25, 0.3) is 0 Å². The van der Waals surface area contributed by atoms with E-state index in [9.17, 15) is 22.0 Å². The number of esters is 1. The van der Waals surface area contributed by atoms with Gasteiger partial charge >= 0.3 is 21.3 Å². The number of rotatable bonds is 4. The van der Waals surface area contributed by atoms with Gasteiger partial charge in [-0.2, -0.15) is 17.2 Å². The summed E-state index contributed by atoms with van der Waals surface area (Å²) in [6.07, 6.45) is 3.78. The minimum absolute atomic E-state index is 0. The Morgan fingerprint density at radius 2 is 1.78 bits per heavy atom. The van der Waals surface area contributed by atoms with E-state index in [0.29, 0.717) is 12.8 Å². The maximum atomic E-state index is 12.7. The van der Waals surface area contributed by atoms with E-state index in [-0.39, 0.29) is 29.6 Å². The summed E-state index contributed by atoms with van der Waals surface area (Å²) in [6, 6.07) is 0. The SMILES string of the molecule is O=C(OCC(F)(F)S(=O)(=O)O)C1CCCCC1.[Na]. The van der Waals surface area contributed by atoms with E-state index in [0.717, 1.165) is 19.3 Å². The van der Waals surface area contributed by atoms with Crippen molar-refractivity contribution < 1.29 is 31.3 Å². The molecule has 0 amide bonds. The van der Waals surface area contributed by atoms with Crippen molar-refractivity contribution >= 4 is 45.6 Å². The van der Waals surface area contributed by atoms with Crippen LogP contribution in [0, 0.1) is 5.92 Å². The van der Waals surface area contributed by atoms with Crippen molar-refractivity contribution in [3.8, 4) is 0 Å². The summed E-state index contributed by atoms with van der Waals surface area (Å²) in [5.74, 6) is -1.27. The molecule has 5 nitrogen and oxygen atoms in total. The topological polar surface area (TPSA) is 80.7 Å². The number of carbonyl (C=O) groups is 1. The Kier molecular flexibility index (Phi) is 7.23. The van der Waals surface area contributed by atoms with E-state index in [1.54, 1.807) is 0 Å². The second kappa shape index (κ2) is 7.14. The first-order valence-corrected chi connectivity index (χ1v) is 6.69. The second-order valence-electron chi connectivity index (χ2n) is 4.06. The summed E-state index contributed by atoms with van der Waals surface area (Å²) in [7, 11) is -5.54. The Hall–Kier alpha value is 0.240. The molecule has 0 atom stereocenters. The minimum atomic E-state index is -5.54. The average molecular weight is 295 g/mol. The molecule has 0 saturated heterocycles. The largest absolute Gasteiger partial charge is 0.458 e. The Balaban J connectivity index is 0.00000289. The summed E-state index contributed by atoms with van der Waals surface area (Å²) in [6.45, 7) is -1.64. The van der Waals surface area contributed by atoms with Crippen molar-refractivity contribution in [2.45, 2.75) is 37.4 Å². The molecule has 101 valence electrons. The van der Waals surface area contributed by atoms with Crippen molar-refractivity contribution in [2.24, 2.45) is 5.92 Å². The van der Waals surface area contributed by atoms with Gasteiger partial charge in [0.2, 0.25) is 0 Å². The normalized spacial score (nSPS) is 17.9. The van der Waals surface area contributed by atoms with E-state index in [1.165, 1.54) is 0 Å². The van der Waals surface area contributed by atoms with Gasteiger partial charge in [-0.25, -0.2) is 0 Å². The number of hydrogen-bond acceptors (Lipinski definition) is 4. The fraction of sp³-hybridized carbons (Fsp3) is 0.889. The Labute approximate surface area is 126 Å². The van der Waals surface area contributed by atoms with E-state index < -0.39 is 33.9 Å². The monoisotopic (exact) mass is 295 g/mol. The Morgan fingerprint density at radius 3 is 2.22 bits per heavy atom. The van der Waals surface area contributed by atoms with Gasteiger partial charge in [-0.3, -0.25) is 9.35 Å². The molecule has 0 spiro atoms. The fourth-order valence-corrected chi connectivity index (χ4v) is 1.89. The molecule has 1 rings (SSSR count).